The number of hydrogen-bond donors (Lipinski definition) is 1. The monoisotopic (exact) mass is 281 g/mol. The van der Waals surface area contributed by atoms with Gasteiger partial charge in [-0.25, -0.2) is 8.42 Å². The van der Waals surface area contributed by atoms with Gasteiger partial charge in [0, 0.05) is 6.04 Å². The zero-order valence-electron chi connectivity index (χ0n) is 9.11. The molecule has 0 radical (unpaired) electrons. The molecule has 0 aromatic carbocycles. The predicted octanol–water partition coefficient (Wildman–Crippen LogP) is 1.09. The van der Waals surface area contributed by atoms with Crippen molar-refractivity contribution in [3.63, 3.8) is 0 Å². The molecule has 1 unspecified atom stereocenters. The van der Waals surface area contributed by atoms with E-state index in [2.05, 4.69) is 15.5 Å². The Balaban J connectivity index is 2.04. The van der Waals surface area contributed by atoms with E-state index in [-0.39, 0.29) is 23.4 Å². The summed E-state index contributed by atoms with van der Waals surface area (Å²) in [5.41, 5.74) is -1.08. The average Bonchev–Trinajstić information content (AvgIpc) is 2.57. The van der Waals surface area contributed by atoms with Crippen LogP contribution in [0.5, 0.6) is 0 Å². The van der Waals surface area contributed by atoms with E-state index < -0.39 is 21.7 Å². The van der Waals surface area contributed by atoms with Crippen LogP contribution < -0.4 is 5.32 Å². The number of hydrogen-bond acceptors (Lipinski definition) is 5. The van der Waals surface area contributed by atoms with E-state index in [0.29, 0.717) is 6.42 Å². The molecule has 0 bridgehead atoms. The second-order valence-electron chi connectivity index (χ2n) is 4.05. The molecule has 18 heavy (non-hydrogen) atoms. The van der Waals surface area contributed by atoms with Crippen molar-refractivity contribution in [3.8, 4) is 0 Å². The number of halogens is 3. The molecule has 1 saturated heterocycles. The van der Waals surface area contributed by atoms with Crippen molar-refractivity contribution < 1.29 is 21.6 Å². The zero-order chi connectivity index (χ0) is 13.4. The molecule has 0 saturated carbocycles. The van der Waals surface area contributed by atoms with Crippen LogP contribution in [0.2, 0.25) is 0 Å². The largest absolute Gasteiger partial charge is 0.435 e. The third kappa shape index (κ3) is 3.09. The van der Waals surface area contributed by atoms with Crippen molar-refractivity contribution in [1.29, 1.82) is 0 Å². The van der Waals surface area contributed by atoms with E-state index in [0.717, 1.165) is 12.1 Å². The van der Waals surface area contributed by atoms with Gasteiger partial charge in [-0.05, 0) is 18.6 Å². The Morgan fingerprint density at radius 2 is 2.00 bits per heavy atom. The molecule has 100 valence electrons. The molecule has 0 amide bonds. The highest BCUT2D eigenvalue weighted by Crippen LogP contribution is 2.27. The predicted molar refractivity (Wildman–Crippen MR) is 57.7 cm³/mol. The van der Waals surface area contributed by atoms with Crippen molar-refractivity contribution >= 4 is 15.7 Å². The van der Waals surface area contributed by atoms with Crippen molar-refractivity contribution in [1.82, 2.24) is 10.2 Å². The molecular formula is C9H10F3N3O2S. The van der Waals surface area contributed by atoms with Crippen molar-refractivity contribution in [2.45, 2.75) is 18.6 Å². The highest BCUT2D eigenvalue weighted by atomic mass is 32.2. The lowest BCUT2D eigenvalue weighted by Gasteiger charge is -2.11. The summed E-state index contributed by atoms with van der Waals surface area (Å²) in [5.74, 6) is 0.194. The van der Waals surface area contributed by atoms with Crippen LogP contribution in [0.3, 0.4) is 0 Å². The van der Waals surface area contributed by atoms with E-state index in [1.807, 2.05) is 0 Å². The standard InChI is InChI=1S/C9H10F3N3O2S/c10-9(11,12)7-1-2-8(15-14-7)13-6-3-4-18(16,17)5-6/h1-2,6H,3-5H2,(H,13,15). The van der Waals surface area contributed by atoms with Crippen LogP contribution in [0.4, 0.5) is 19.0 Å². The average molecular weight is 281 g/mol. The van der Waals surface area contributed by atoms with Crippen LogP contribution in [0.1, 0.15) is 12.1 Å². The number of anilines is 1. The summed E-state index contributed by atoms with van der Waals surface area (Å²) in [6.45, 7) is 0. The summed E-state index contributed by atoms with van der Waals surface area (Å²) in [7, 11) is -3.04. The molecule has 5 nitrogen and oxygen atoms in total. The first kappa shape index (κ1) is 13.1. The SMILES string of the molecule is O=S1(=O)CCC(Nc2ccc(C(F)(F)F)nn2)C1. The molecule has 2 rings (SSSR count). The lowest BCUT2D eigenvalue weighted by Crippen LogP contribution is -2.21. The highest BCUT2D eigenvalue weighted by Gasteiger charge is 2.33. The van der Waals surface area contributed by atoms with Gasteiger partial charge in [0.2, 0.25) is 0 Å². The summed E-state index contributed by atoms with van der Waals surface area (Å²) < 4.78 is 59.1. The zero-order valence-corrected chi connectivity index (χ0v) is 9.92. The summed E-state index contributed by atoms with van der Waals surface area (Å²) in [6.07, 6.45) is -4.10. The summed E-state index contributed by atoms with van der Waals surface area (Å²) >= 11 is 0. The van der Waals surface area contributed by atoms with E-state index >= 15 is 0 Å². The minimum atomic E-state index is -4.53. The van der Waals surface area contributed by atoms with Crippen LogP contribution in [0.25, 0.3) is 0 Å². The quantitative estimate of drug-likeness (QED) is 0.878. The van der Waals surface area contributed by atoms with E-state index in [9.17, 15) is 21.6 Å². The fourth-order valence-corrected chi connectivity index (χ4v) is 3.35. The van der Waals surface area contributed by atoms with Gasteiger partial charge in [0.1, 0.15) is 5.82 Å². The minimum Gasteiger partial charge on any atom is -0.365 e. The molecule has 1 aliphatic rings. The van der Waals surface area contributed by atoms with Gasteiger partial charge in [-0.2, -0.15) is 13.2 Å². The normalized spacial score (nSPS) is 22.9. The number of rotatable bonds is 2. The van der Waals surface area contributed by atoms with Gasteiger partial charge in [-0.15, -0.1) is 10.2 Å². The summed E-state index contributed by atoms with van der Waals surface area (Å²) in [5, 5.41) is 9.18. The van der Waals surface area contributed by atoms with Crippen LogP contribution >= 0.6 is 0 Å². The molecule has 1 aromatic heterocycles. The van der Waals surface area contributed by atoms with E-state index in [4.69, 9.17) is 0 Å². The number of alkyl halides is 3. The van der Waals surface area contributed by atoms with Crippen LogP contribution in [0, 0.1) is 0 Å². The van der Waals surface area contributed by atoms with Crippen LogP contribution in [-0.4, -0.2) is 36.2 Å². The van der Waals surface area contributed by atoms with E-state index in [1.54, 1.807) is 0 Å². The van der Waals surface area contributed by atoms with Crippen molar-refractivity contribution in [2.75, 3.05) is 16.8 Å². The van der Waals surface area contributed by atoms with Crippen molar-refractivity contribution in [3.05, 3.63) is 17.8 Å². The lowest BCUT2D eigenvalue weighted by molar-refractivity contribution is -0.141. The van der Waals surface area contributed by atoms with Gasteiger partial charge in [-0.3, -0.25) is 0 Å². The lowest BCUT2D eigenvalue weighted by atomic mass is 10.2. The van der Waals surface area contributed by atoms with Gasteiger partial charge in [0.05, 0.1) is 11.5 Å². The first-order valence-electron chi connectivity index (χ1n) is 5.14. The smallest absolute Gasteiger partial charge is 0.365 e. The highest BCUT2D eigenvalue weighted by molar-refractivity contribution is 7.91. The van der Waals surface area contributed by atoms with E-state index in [1.165, 1.54) is 0 Å². The Labute approximate surface area is 101 Å². The number of nitrogens with one attached hydrogen (secondary N) is 1. The number of aromatic nitrogens is 2. The summed E-state index contributed by atoms with van der Waals surface area (Å²) in [6, 6.07) is 1.63. The number of nitrogens with zero attached hydrogens (tertiary/aromatic N) is 2. The van der Waals surface area contributed by atoms with Gasteiger partial charge >= 0.3 is 6.18 Å². The Morgan fingerprint density at radius 3 is 2.44 bits per heavy atom. The molecule has 1 aromatic rings. The molecule has 1 atom stereocenters. The maximum Gasteiger partial charge on any atom is 0.435 e. The minimum absolute atomic E-state index is 0.0320. The second-order valence-corrected chi connectivity index (χ2v) is 6.27. The Morgan fingerprint density at radius 1 is 1.28 bits per heavy atom. The molecule has 1 fully saturated rings. The molecule has 1 aliphatic heterocycles. The molecule has 9 heteroatoms. The van der Waals surface area contributed by atoms with Crippen molar-refractivity contribution in [2.24, 2.45) is 0 Å². The third-order valence-corrected chi connectivity index (χ3v) is 4.31. The third-order valence-electron chi connectivity index (χ3n) is 2.54. The fourth-order valence-electron chi connectivity index (χ4n) is 1.68. The van der Waals surface area contributed by atoms with Gasteiger partial charge in [0.25, 0.3) is 0 Å². The molecule has 0 spiro atoms. The maximum atomic E-state index is 12.2. The first-order chi connectivity index (χ1) is 8.26. The molecule has 0 aliphatic carbocycles. The topological polar surface area (TPSA) is 72.0 Å². The maximum absolute atomic E-state index is 12.2. The second kappa shape index (κ2) is 4.38. The fraction of sp³-hybridized carbons (Fsp3) is 0.556. The Hall–Kier alpha value is -1.38. The molecule has 1 N–H and O–H groups in total. The van der Waals surface area contributed by atoms with Crippen LogP contribution in [-0.2, 0) is 16.0 Å². The van der Waals surface area contributed by atoms with Gasteiger partial charge in [-0.1, -0.05) is 0 Å². The van der Waals surface area contributed by atoms with Crippen LogP contribution in [0.15, 0.2) is 12.1 Å². The molecule has 2 heterocycles. The molecular weight excluding hydrogens is 271 g/mol. The Kier molecular flexibility index (Phi) is 3.18. The first-order valence-corrected chi connectivity index (χ1v) is 6.96. The number of sulfone groups is 1. The van der Waals surface area contributed by atoms with Gasteiger partial charge < -0.3 is 5.32 Å². The van der Waals surface area contributed by atoms with Gasteiger partial charge in [0.15, 0.2) is 15.5 Å². The Bertz CT molecular complexity index is 527. The summed E-state index contributed by atoms with van der Waals surface area (Å²) in [4.78, 5) is 0.